The van der Waals surface area contributed by atoms with Crippen LogP contribution in [0.1, 0.15) is 12.8 Å². The zero-order chi connectivity index (χ0) is 10.6. The molecule has 0 aromatic heterocycles. The van der Waals surface area contributed by atoms with Gasteiger partial charge < -0.3 is 29.6 Å². The zero-order valence-electron chi connectivity index (χ0n) is 8.60. The summed E-state index contributed by atoms with van der Waals surface area (Å²) < 4.78 is 0. The van der Waals surface area contributed by atoms with Gasteiger partial charge in [-0.2, -0.15) is 0 Å². The first-order valence-electron chi connectivity index (χ1n) is 4.84. The van der Waals surface area contributed by atoms with Gasteiger partial charge in [0.1, 0.15) is 6.04 Å². The predicted octanol–water partition coefficient (Wildman–Crippen LogP) is -4.06. The molecule has 0 radical (unpaired) electrons. The maximum absolute atomic E-state index is 10.7. The lowest BCUT2D eigenvalue weighted by atomic mass is 9.94. The summed E-state index contributed by atoms with van der Waals surface area (Å²) in [5.74, 6) is -0.0535. The first-order valence-corrected chi connectivity index (χ1v) is 4.84. The van der Waals surface area contributed by atoms with Crippen molar-refractivity contribution in [3.05, 3.63) is 24.3 Å². The van der Waals surface area contributed by atoms with Gasteiger partial charge in [0.05, 0.1) is 6.04 Å². The molecule has 1 atom stereocenters. The summed E-state index contributed by atoms with van der Waals surface area (Å²) in [4.78, 5) is 10.7. The van der Waals surface area contributed by atoms with Gasteiger partial charge in [0, 0.05) is 0 Å². The summed E-state index contributed by atoms with van der Waals surface area (Å²) >= 11 is 0. The third kappa shape index (κ3) is 4.97. The van der Waals surface area contributed by atoms with E-state index in [2.05, 4.69) is 30.0 Å². The number of rotatable bonds is 4. The molecule has 1 unspecified atom stereocenters. The van der Waals surface area contributed by atoms with Gasteiger partial charge in [-0.1, -0.05) is 12.2 Å². The number of hydrogen-bond acceptors (Lipinski definition) is 2. The van der Waals surface area contributed by atoms with Crippen LogP contribution in [0.2, 0.25) is 0 Å². The Hall–Kier alpha value is -0.840. The van der Waals surface area contributed by atoms with E-state index < -0.39 is 11.9 Å². The molecule has 1 aliphatic carbocycles. The Morgan fingerprint density at radius 3 is 2.33 bits per heavy atom. The fourth-order valence-electron chi connectivity index (χ4n) is 1.41. The van der Waals surface area contributed by atoms with Crippen LogP contribution in [0.15, 0.2) is 24.3 Å². The molecule has 0 saturated heterocycles. The lowest BCUT2D eigenvalue weighted by Gasteiger charge is -2.14. The van der Waals surface area contributed by atoms with E-state index in [1.807, 2.05) is 0 Å². The molecule has 4 nitrogen and oxygen atoms in total. The van der Waals surface area contributed by atoms with Crippen LogP contribution in [0.25, 0.3) is 0 Å². The summed E-state index contributed by atoms with van der Waals surface area (Å²) in [6.45, 7) is 0. The Labute approximate surface area is 96.0 Å². The van der Waals surface area contributed by atoms with Crippen molar-refractivity contribution in [2.24, 2.45) is 17.4 Å². The number of primary amides is 1. The molecule has 1 rings (SSSR count). The van der Waals surface area contributed by atoms with Crippen molar-refractivity contribution >= 4 is 5.91 Å². The summed E-state index contributed by atoms with van der Waals surface area (Å²) in [5, 5.41) is 0. The molecule has 0 saturated carbocycles. The monoisotopic (exact) mass is 231 g/mol. The molecule has 0 aliphatic heterocycles. The molecule has 15 heavy (non-hydrogen) atoms. The molecule has 0 aromatic carbocycles. The minimum Gasteiger partial charge on any atom is -1.00 e. The van der Waals surface area contributed by atoms with Crippen LogP contribution in [-0.2, 0) is 4.79 Å². The van der Waals surface area contributed by atoms with Crippen molar-refractivity contribution in [1.82, 2.24) is 0 Å². The van der Waals surface area contributed by atoms with Crippen LogP contribution in [0.4, 0.5) is 0 Å². The highest BCUT2D eigenvalue weighted by Gasteiger charge is 2.13. The van der Waals surface area contributed by atoms with E-state index in [-0.39, 0.29) is 18.4 Å². The quantitative estimate of drug-likeness (QED) is 0.429. The number of halogens is 1. The molecule has 86 valence electrons. The molecule has 1 amide bonds. The fourth-order valence-corrected chi connectivity index (χ4v) is 1.41. The lowest BCUT2D eigenvalue weighted by molar-refractivity contribution is -0.387. The molecule has 5 heteroatoms. The summed E-state index contributed by atoms with van der Waals surface area (Å²) in [6, 6.07) is -0.245. The highest BCUT2D eigenvalue weighted by Crippen LogP contribution is 2.15. The number of carbonyl (C=O) groups is 1. The van der Waals surface area contributed by atoms with E-state index in [1.165, 1.54) is 0 Å². The van der Waals surface area contributed by atoms with Crippen LogP contribution < -0.4 is 29.6 Å². The summed E-state index contributed by atoms with van der Waals surface area (Å²) in [6.07, 6.45) is 9.82. The van der Waals surface area contributed by atoms with E-state index in [1.54, 1.807) is 0 Å². The average molecular weight is 232 g/mol. The minimum absolute atomic E-state index is 0. The first kappa shape index (κ1) is 14.2. The maximum atomic E-state index is 10.7. The van der Waals surface area contributed by atoms with E-state index >= 15 is 0 Å². The molecule has 0 spiro atoms. The van der Waals surface area contributed by atoms with Crippen molar-refractivity contribution in [2.75, 3.05) is 0 Å². The largest absolute Gasteiger partial charge is 1.00 e. The second kappa shape index (κ2) is 6.61. The normalized spacial score (nSPS) is 25.7. The van der Waals surface area contributed by atoms with Gasteiger partial charge in [-0.15, -0.1) is 0 Å². The molecule has 0 bridgehead atoms. The van der Waals surface area contributed by atoms with E-state index in [0.29, 0.717) is 12.3 Å². The SMILES string of the molecule is NC(=O)C(N)CCC1C=CC([NH3+])C=C1.[Cl-]. The van der Waals surface area contributed by atoms with Crippen molar-refractivity contribution < 1.29 is 22.9 Å². The van der Waals surface area contributed by atoms with Crippen LogP contribution >= 0.6 is 0 Å². The van der Waals surface area contributed by atoms with E-state index in [9.17, 15) is 4.79 Å². The van der Waals surface area contributed by atoms with Gasteiger partial charge in [0.15, 0.2) is 0 Å². The van der Waals surface area contributed by atoms with Gasteiger partial charge in [0.25, 0.3) is 0 Å². The Kier molecular flexibility index (Phi) is 6.24. The molecule has 0 fully saturated rings. The van der Waals surface area contributed by atoms with E-state index in [4.69, 9.17) is 11.5 Å². The van der Waals surface area contributed by atoms with Gasteiger partial charge in [0.2, 0.25) is 5.91 Å². The highest BCUT2D eigenvalue weighted by molar-refractivity contribution is 5.79. The molecule has 7 N–H and O–H groups in total. The second-order valence-corrected chi connectivity index (χ2v) is 3.68. The molecule has 0 heterocycles. The number of carbonyl (C=O) groups excluding carboxylic acids is 1. The van der Waals surface area contributed by atoms with Gasteiger partial charge in [-0.05, 0) is 30.9 Å². The fraction of sp³-hybridized carbons (Fsp3) is 0.500. The van der Waals surface area contributed by atoms with Gasteiger partial charge >= 0.3 is 0 Å². The first-order chi connectivity index (χ1) is 6.59. The smallest absolute Gasteiger partial charge is 0.234 e. The third-order valence-corrected chi connectivity index (χ3v) is 2.39. The van der Waals surface area contributed by atoms with Gasteiger partial charge in [-0.3, -0.25) is 4.79 Å². The number of quaternary nitrogens is 1. The van der Waals surface area contributed by atoms with Gasteiger partial charge in [-0.25, -0.2) is 0 Å². The second-order valence-electron chi connectivity index (χ2n) is 3.68. The Balaban J connectivity index is 0.00000196. The Morgan fingerprint density at radius 2 is 1.87 bits per heavy atom. The molecular formula is C10H18ClN3O. The van der Waals surface area contributed by atoms with E-state index in [0.717, 1.165) is 6.42 Å². The molecule has 1 aliphatic rings. The predicted molar refractivity (Wildman–Crippen MR) is 54.8 cm³/mol. The van der Waals surface area contributed by atoms with Crippen molar-refractivity contribution in [3.8, 4) is 0 Å². The number of hydrogen-bond donors (Lipinski definition) is 3. The van der Waals surface area contributed by atoms with Crippen LogP contribution in [0.5, 0.6) is 0 Å². The standard InChI is InChI=1S/C10H17N3O.ClH/c11-8-4-1-7(2-5-8)3-6-9(12)10(13)14;/h1-2,4-5,7-9H,3,6,11-12H2,(H2,13,14);1H. The zero-order valence-corrected chi connectivity index (χ0v) is 9.36. The van der Waals surface area contributed by atoms with Crippen LogP contribution in [0.3, 0.4) is 0 Å². The number of allylic oxidation sites excluding steroid dienone is 2. The lowest BCUT2D eigenvalue weighted by Crippen LogP contribution is -3.00. The number of nitrogens with two attached hydrogens (primary N) is 2. The summed E-state index contributed by atoms with van der Waals surface area (Å²) in [5.41, 5.74) is 14.5. The van der Waals surface area contributed by atoms with Crippen molar-refractivity contribution in [1.29, 1.82) is 0 Å². The van der Waals surface area contributed by atoms with Crippen molar-refractivity contribution in [3.63, 3.8) is 0 Å². The molecule has 0 aromatic rings. The Morgan fingerprint density at radius 1 is 1.33 bits per heavy atom. The topological polar surface area (TPSA) is 96.8 Å². The van der Waals surface area contributed by atoms with Crippen molar-refractivity contribution in [2.45, 2.75) is 24.9 Å². The average Bonchev–Trinajstić information content (AvgIpc) is 2.16. The number of amides is 1. The summed E-state index contributed by atoms with van der Waals surface area (Å²) in [7, 11) is 0. The minimum atomic E-state index is -0.519. The highest BCUT2D eigenvalue weighted by atomic mass is 35.5. The third-order valence-electron chi connectivity index (χ3n) is 2.39. The van der Waals surface area contributed by atoms with Crippen LogP contribution in [0, 0.1) is 5.92 Å². The molecular weight excluding hydrogens is 214 g/mol. The van der Waals surface area contributed by atoms with Crippen LogP contribution in [-0.4, -0.2) is 18.0 Å². The maximum Gasteiger partial charge on any atom is 0.234 e. The Bertz CT molecular complexity index is 251.